The lowest BCUT2D eigenvalue weighted by Gasteiger charge is -2.17. The fraction of sp³-hybridized carbons (Fsp3) is 0.500. The summed E-state index contributed by atoms with van der Waals surface area (Å²) in [6, 6.07) is 1.56. The van der Waals surface area contributed by atoms with Crippen LogP contribution in [0.5, 0.6) is 5.88 Å². The summed E-state index contributed by atoms with van der Waals surface area (Å²) in [6.45, 7) is 0.593. The van der Waals surface area contributed by atoms with E-state index in [9.17, 15) is 13.6 Å². The second-order valence-electron chi connectivity index (χ2n) is 6.73. The number of hydrogen-bond donors (Lipinski definition) is 1. The van der Waals surface area contributed by atoms with E-state index in [1.54, 1.807) is 27.0 Å². The van der Waals surface area contributed by atoms with Crippen molar-refractivity contribution in [2.45, 2.75) is 45.9 Å². The van der Waals surface area contributed by atoms with Crippen molar-refractivity contribution in [3.8, 4) is 5.88 Å². The number of nitrogens with zero attached hydrogens (tertiary/aromatic N) is 3. The van der Waals surface area contributed by atoms with E-state index in [0.717, 1.165) is 12.8 Å². The van der Waals surface area contributed by atoms with Gasteiger partial charge < -0.3 is 19.4 Å². The van der Waals surface area contributed by atoms with Gasteiger partial charge in [-0.1, -0.05) is 11.6 Å². The van der Waals surface area contributed by atoms with Crippen molar-refractivity contribution in [3.63, 3.8) is 0 Å². The van der Waals surface area contributed by atoms with E-state index in [2.05, 4.69) is 20.0 Å². The minimum atomic E-state index is -2.97. The number of anilines is 2. The topological polar surface area (TPSA) is 78.3 Å². The third-order valence-electron chi connectivity index (χ3n) is 4.58. The third kappa shape index (κ3) is 4.77. The molecule has 2 aromatic rings. The van der Waals surface area contributed by atoms with Gasteiger partial charge in [-0.3, -0.25) is 4.79 Å². The lowest BCUT2D eigenvalue weighted by molar-refractivity contribution is -0.0533. The van der Waals surface area contributed by atoms with Crippen LogP contribution in [-0.4, -0.2) is 34.4 Å². The highest BCUT2D eigenvalue weighted by Gasteiger charge is 2.32. The molecule has 1 atom stereocenters. The molecule has 3 rings (SSSR count). The zero-order valence-corrected chi connectivity index (χ0v) is 16.5. The summed E-state index contributed by atoms with van der Waals surface area (Å²) in [5, 5.41) is 3.05. The summed E-state index contributed by atoms with van der Waals surface area (Å²) in [5.74, 6) is 0.295. The van der Waals surface area contributed by atoms with Gasteiger partial charge in [-0.25, -0.2) is 9.97 Å². The molecule has 0 aromatic carbocycles. The van der Waals surface area contributed by atoms with E-state index in [-0.39, 0.29) is 28.5 Å². The predicted octanol–water partition coefficient (Wildman–Crippen LogP) is 3.68. The average molecular weight is 415 g/mol. The quantitative estimate of drug-likeness (QED) is 0.710. The highest BCUT2D eigenvalue weighted by Crippen LogP contribution is 2.34. The molecule has 152 valence electrons. The average Bonchev–Trinajstić information content (AvgIpc) is 3.45. The van der Waals surface area contributed by atoms with Crippen molar-refractivity contribution in [2.75, 3.05) is 12.4 Å². The Labute approximate surface area is 165 Å². The number of pyridine rings is 1. The smallest absolute Gasteiger partial charge is 0.388 e. The number of alkyl halides is 2. The molecular weight excluding hydrogens is 394 g/mol. The number of methoxy groups -OCH3 is 1. The number of ether oxygens (including phenoxy) is 2. The molecule has 1 N–H and O–H groups in total. The zero-order valence-electron chi connectivity index (χ0n) is 15.7. The van der Waals surface area contributed by atoms with E-state index in [1.165, 1.54) is 10.8 Å². The maximum absolute atomic E-state index is 12.8. The lowest BCUT2D eigenvalue weighted by Crippen LogP contribution is -2.30. The summed E-state index contributed by atoms with van der Waals surface area (Å²) in [5.41, 5.74) is 0.853. The van der Waals surface area contributed by atoms with Crippen LogP contribution in [0.2, 0.25) is 5.15 Å². The van der Waals surface area contributed by atoms with Gasteiger partial charge >= 0.3 is 6.61 Å². The Bertz CT molecular complexity index is 918. The third-order valence-corrected chi connectivity index (χ3v) is 4.76. The lowest BCUT2D eigenvalue weighted by atomic mass is 10.2. The maximum Gasteiger partial charge on any atom is 0.388 e. The van der Waals surface area contributed by atoms with Gasteiger partial charge in [0.1, 0.15) is 5.15 Å². The number of rotatable bonds is 8. The monoisotopic (exact) mass is 414 g/mol. The predicted molar refractivity (Wildman–Crippen MR) is 101 cm³/mol. The molecule has 0 saturated heterocycles. The van der Waals surface area contributed by atoms with Gasteiger partial charge in [0.25, 0.3) is 5.56 Å². The second kappa shape index (κ2) is 8.40. The molecule has 0 bridgehead atoms. The molecule has 2 aromatic heterocycles. The Morgan fingerprint density at radius 2 is 2.07 bits per heavy atom. The van der Waals surface area contributed by atoms with Crippen molar-refractivity contribution >= 4 is 23.1 Å². The van der Waals surface area contributed by atoms with Crippen molar-refractivity contribution in [2.24, 2.45) is 5.92 Å². The van der Waals surface area contributed by atoms with Crippen LogP contribution in [0.25, 0.3) is 0 Å². The van der Waals surface area contributed by atoms with Crippen LogP contribution in [0.15, 0.2) is 17.1 Å². The second-order valence-corrected chi connectivity index (χ2v) is 7.12. The highest BCUT2D eigenvalue weighted by molar-refractivity contribution is 6.29. The van der Waals surface area contributed by atoms with E-state index in [1.807, 2.05) is 0 Å². The fourth-order valence-electron chi connectivity index (χ4n) is 2.94. The summed E-state index contributed by atoms with van der Waals surface area (Å²) in [4.78, 5) is 20.9. The summed E-state index contributed by atoms with van der Waals surface area (Å²) in [6.07, 6.45) is 3.56. The SMILES string of the molecule is CO[C@H](Cn1cc(Cl)nc(Nc2cc(C)c(OC(F)F)nc2C)c1=O)C1CC1. The molecule has 0 amide bonds. The normalized spacial score (nSPS) is 15.0. The fourth-order valence-corrected chi connectivity index (χ4v) is 3.15. The summed E-state index contributed by atoms with van der Waals surface area (Å²) in [7, 11) is 1.62. The Kier molecular flexibility index (Phi) is 6.14. The van der Waals surface area contributed by atoms with Gasteiger partial charge in [0.05, 0.1) is 24.0 Å². The minimum absolute atomic E-state index is 0.0185. The number of hydrogen-bond acceptors (Lipinski definition) is 6. The Hall–Kier alpha value is -2.26. The Morgan fingerprint density at radius 1 is 1.36 bits per heavy atom. The van der Waals surface area contributed by atoms with Crippen LogP contribution in [-0.2, 0) is 11.3 Å². The van der Waals surface area contributed by atoms with Crippen LogP contribution < -0.4 is 15.6 Å². The van der Waals surface area contributed by atoms with Crippen molar-refractivity contribution < 1.29 is 18.3 Å². The van der Waals surface area contributed by atoms with Gasteiger partial charge in [-0.05, 0) is 38.7 Å². The van der Waals surface area contributed by atoms with Crippen molar-refractivity contribution in [1.29, 1.82) is 0 Å². The number of halogens is 3. The van der Waals surface area contributed by atoms with E-state index in [4.69, 9.17) is 16.3 Å². The largest absolute Gasteiger partial charge is 0.417 e. The Morgan fingerprint density at radius 3 is 2.68 bits per heavy atom. The number of aromatic nitrogens is 3. The van der Waals surface area contributed by atoms with Crippen molar-refractivity contribution in [3.05, 3.63) is 39.0 Å². The summed E-state index contributed by atoms with van der Waals surface area (Å²) >= 11 is 6.09. The van der Waals surface area contributed by atoms with Gasteiger partial charge in [-0.2, -0.15) is 8.78 Å². The van der Waals surface area contributed by atoms with Gasteiger partial charge in [-0.15, -0.1) is 0 Å². The minimum Gasteiger partial charge on any atom is -0.417 e. The Balaban J connectivity index is 1.88. The molecule has 1 aliphatic carbocycles. The van der Waals surface area contributed by atoms with Gasteiger partial charge in [0.2, 0.25) is 5.88 Å². The molecular formula is C18H21ClF2N4O3. The van der Waals surface area contributed by atoms with Crippen LogP contribution >= 0.6 is 11.6 Å². The molecule has 0 unspecified atom stereocenters. The first-order valence-corrected chi connectivity index (χ1v) is 9.16. The molecule has 1 fully saturated rings. The molecule has 7 nitrogen and oxygen atoms in total. The summed E-state index contributed by atoms with van der Waals surface area (Å²) < 4.78 is 36.3. The highest BCUT2D eigenvalue weighted by atomic mass is 35.5. The molecule has 1 saturated carbocycles. The molecule has 1 aliphatic rings. The van der Waals surface area contributed by atoms with E-state index < -0.39 is 6.61 Å². The van der Waals surface area contributed by atoms with Gasteiger partial charge in [0, 0.05) is 18.9 Å². The zero-order chi connectivity index (χ0) is 20.4. The molecule has 10 heteroatoms. The van der Waals surface area contributed by atoms with Crippen LogP contribution in [0.3, 0.4) is 0 Å². The molecule has 28 heavy (non-hydrogen) atoms. The van der Waals surface area contributed by atoms with Crippen LogP contribution in [0.1, 0.15) is 24.1 Å². The first-order chi connectivity index (χ1) is 13.3. The number of aryl methyl sites for hydroxylation is 2. The van der Waals surface area contributed by atoms with Crippen LogP contribution in [0.4, 0.5) is 20.3 Å². The molecule has 2 heterocycles. The van der Waals surface area contributed by atoms with Gasteiger partial charge in [0.15, 0.2) is 5.82 Å². The van der Waals surface area contributed by atoms with Crippen LogP contribution in [0, 0.1) is 19.8 Å². The number of nitrogens with one attached hydrogen (secondary N) is 1. The standard InChI is InChI=1S/C18H21ClF2N4O3/c1-9-6-12(10(2)22-16(9)28-18(20)21)23-15-17(26)25(8-14(19)24-15)7-13(27-3)11-4-5-11/h6,8,11,13,18H,4-5,7H2,1-3H3,(H,23,24)/t13-/m1/s1. The molecule has 0 radical (unpaired) electrons. The molecule has 0 aliphatic heterocycles. The first-order valence-electron chi connectivity index (χ1n) is 8.78. The van der Waals surface area contributed by atoms with E-state index >= 15 is 0 Å². The van der Waals surface area contributed by atoms with Crippen molar-refractivity contribution in [1.82, 2.24) is 14.5 Å². The van der Waals surface area contributed by atoms with E-state index in [0.29, 0.717) is 29.4 Å². The maximum atomic E-state index is 12.8. The molecule has 0 spiro atoms. The first kappa shape index (κ1) is 20.5.